The van der Waals surface area contributed by atoms with Crippen LogP contribution >= 0.6 is 0 Å². The Morgan fingerprint density at radius 3 is 2.90 bits per heavy atom. The van der Waals surface area contributed by atoms with Crippen LogP contribution in [0.3, 0.4) is 0 Å². The summed E-state index contributed by atoms with van der Waals surface area (Å²) in [4.78, 5) is 13.9. The molecule has 0 bridgehead atoms. The number of amides is 1. The maximum atomic E-state index is 11.7. The van der Waals surface area contributed by atoms with Crippen LogP contribution in [0.2, 0.25) is 0 Å². The average Bonchev–Trinajstić information content (AvgIpc) is 2.95. The van der Waals surface area contributed by atoms with Gasteiger partial charge in [-0.05, 0) is 43.7 Å². The van der Waals surface area contributed by atoms with Crippen molar-refractivity contribution >= 4 is 5.91 Å². The van der Waals surface area contributed by atoms with E-state index in [-0.39, 0.29) is 11.9 Å². The van der Waals surface area contributed by atoms with Gasteiger partial charge in [-0.25, -0.2) is 0 Å². The summed E-state index contributed by atoms with van der Waals surface area (Å²) in [5.74, 6) is 0.834. The number of nitriles is 1. The first-order valence-electron chi connectivity index (χ1n) is 6.83. The van der Waals surface area contributed by atoms with Crippen LogP contribution in [0.5, 0.6) is 5.75 Å². The monoisotopic (exact) mass is 273 g/mol. The van der Waals surface area contributed by atoms with Crippen molar-refractivity contribution in [2.24, 2.45) is 0 Å². The van der Waals surface area contributed by atoms with Crippen LogP contribution in [0, 0.1) is 11.3 Å². The lowest BCUT2D eigenvalue weighted by molar-refractivity contribution is -0.125. The molecule has 1 aromatic rings. The summed E-state index contributed by atoms with van der Waals surface area (Å²) < 4.78 is 5.65. The molecule has 0 aromatic heterocycles. The Balaban J connectivity index is 1.80. The number of hydrogen-bond acceptors (Lipinski definition) is 4. The highest BCUT2D eigenvalue weighted by Gasteiger charge is 2.29. The van der Waals surface area contributed by atoms with Gasteiger partial charge in [0.15, 0.2) is 0 Å². The summed E-state index contributed by atoms with van der Waals surface area (Å²) in [6.07, 6.45) is 1.96. The van der Waals surface area contributed by atoms with Crippen LogP contribution in [0.25, 0.3) is 0 Å². The number of carbonyl (C=O) groups is 1. The standard InChI is InChI=1S/C15H19N3O2/c1-17-15(19)14-3-2-8-18(14)9-10-20-13-6-4-12(11-16)5-7-13/h4-7,14H,2-3,8-10H2,1H3,(H,17,19). The fourth-order valence-corrected chi connectivity index (χ4v) is 2.46. The lowest BCUT2D eigenvalue weighted by Gasteiger charge is -2.22. The fourth-order valence-electron chi connectivity index (χ4n) is 2.46. The second-order valence-electron chi connectivity index (χ2n) is 4.79. The number of likely N-dealkylation sites (tertiary alicyclic amines) is 1. The van der Waals surface area contributed by atoms with Crippen molar-refractivity contribution < 1.29 is 9.53 Å². The van der Waals surface area contributed by atoms with Crippen molar-refractivity contribution in [3.05, 3.63) is 29.8 Å². The maximum absolute atomic E-state index is 11.7. The topological polar surface area (TPSA) is 65.4 Å². The average molecular weight is 273 g/mol. The quantitative estimate of drug-likeness (QED) is 0.874. The first-order chi connectivity index (χ1) is 9.74. The Morgan fingerprint density at radius 1 is 1.50 bits per heavy atom. The normalized spacial score (nSPS) is 18.5. The molecule has 1 aliphatic heterocycles. The van der Waals surface area contributed by atoms with Gasteiger partial charge in [0.25, 0.3) is 0 Å². The number of nitrogens with zero attached hydrogens (tertiary/aromatic N) is 2. The van der Waals surface area contributed by atoms with Gasteiger partial charge >= 0.3 is 0 Å². The van der Waals surface area contributed by atoms with E-state index < -0.39 is 0 Å². The van der Waals surface area contributed by atoms with E-state index in [1.165, 1.54) is 0 Å². The maximum Gasteiger partial charge on any atom is 0.237 e. The predicted octanol–water partition coefficient (Wildman–Crippen LogP) is 1.15. The number of carbonyl (C=O) groups excluding carboxylic acids is 1. The van der Waals surface area contributed by atoms with Gasteiger partial charge in [-0.3, -0.25) is 9.69 Å². The Bertz CT molecular complexity index is 493. The predicted molar refractivity (Wildman–Crippen MR) is 75.3 cm³/mol. The van der Waals surface area contributed by atoms with Crippen LogP contribution in [-0.2, 0) is 4.79 Å². The molecule has 20 heavy (non-hydrogen) atoms. The first kappa shape index (κ1) is 14.4. The number of hydrogen-bond donors (Lipinski definition) is 1. The molecule has 2 rings (SSSR count). The van der Waals surface area contributed by atoms with E-state index in [1.54, 1.807) is 31.3 Å². The van der Waals surface area contributed by atoms with Crippen molar-refractivity contribution in [1.29, 1.82) is 5.26 Å². The molecule has 1 aromatic carbocycles. The molecule has 5 heteroatoms. The van der Waals surface area contributed by atoms with Gasteiger partial charge in [0.05, 0.1) is 17.7 Å². The SMILES string of the molecule is CNC(=O)C1CCCN1CCOc1ccc(C#N)cc1. The third-order valence-electron chi connectivity index (χ3n) is 3.54. The number of benzene rings is 1. The largest absolute Gasteiger partial charge is 0.492 e. The highest BCUT2D eigenvalue weighted by molar-refractivity contribution is 5.81. The number of rotatable bonds is 5. The molecule has 1 fully saturated rings. The van der Waals surface area contributed by atoms with Gasteiger partial charge in [0.1, 0.15) is 12.4 Å². The third-order valence-corrected chi connectivity index (χ3v) is 3.54. The Labute approximate surface area is 119 Å². The van der Waals surface area contributed by atoms with Crippen LogP contribution in [-0.4, -0.2) is 43.6 Å². The van der Waals surface area contributed by atoms with Gasteiger partial charge in [-0.15, -0.1) is 0 Å². The summed E-state index contributed by atoms with van der Waals surface area (Å²) in [5.41, 5.74) is 0.622. The van der Waals surface area contributed by atoms with E-state index >= 15 is 0 Å². The Morgan fingerprint density at radius 2 is 2.25 bits per heavy atom. The van der Waals surface area contributed by atoms with Crippen LogP contribution in [0.4, 0.5) is 0 Å². The Hall–Kier alpha value is -2.06. The summed E-state index contributed by atoms with van der Waals surface area (Å²) >= 11 is 0. The van der Waals surface area contributed by atoms with Crippen molar-refractivity contribution in [1.82, 2.24) is 10.2 Å². The van der Waals surface area contributed by atoms with Crippen molar-refractivity contribution in [3.8, 4) is 11.8 Å². The zero-order valence-electron chi connectivity index (χ0n) is 11.6. The van der Waals surface area contributed by atoms with Gasteiger partial charge in [-0.2, -0.15) is 5.26 Å². The minimum Gasteiger partial charge on any atom is -0.492 e. The smallest absolute Gasteiger partial charge is 0.237 e. The van der Waals surface area contributed by atoms with Gasteiger partial charge < -0.3 is 10.1 Å². The van der Waals surface area contributed by atoms with Gasteiger partial charge in [0, 0.05) is 13.6 Å². The molecule has 5 nitrogen and oxygen atoms in total. The van der Waals surface area contributed by atoms with E-state index in [0.717, 1.165) is 31.7 Å². The first-order valence-corrected chi connectivity index (χ1v) is 6.83. The molecule has 1 heterocycles. The van der Waals surface area contributed by atoms with E-state index in [2.05, 4.69) is 16.3 Å². The van der Waals surface area contributed by atoms with Gasteiger partial charge in [-0.1, -0.05) is 0 Å². The summed E-state index contributed by atoms with van der Waals surface area (Å²) in [5, 5.41) is 11.4. The van der Waals surface area contributed by atoms with Gasteiger partial charge in [0.2, 0.25) is 5.91 Å². The molecule has 0 spiro atoms. The van der Waals surface area contributed by atoms with E-state index in [4.69, 9.17) is 10.00 Å². The number of nitrogens with one attached hydrogen (secondary N) is 1. The minimum absolute atomic E-state index is 0.0236. The molecule has 1 unspecified atom stereocenters. The molecular weight excluding hydrogens is 254 g/mol. The number of likely N-dealkylation sites (N-methyl/N-ethyl adjacent to an activating group) is 1. The highest BCUT2D eigenvalue weighted by Crippen LogP contribution is 2.17. The molecule has 106 valence electrons. The lowest BCUT2D eigenvalue weighted by atomic mass is 10.2. The van der Waals surface area contributed by atoms with Crippen LogP contribution < -0.4 is 10.1 Å². The minimum atomic E-state index is -0.0236. The molecule has 0 aliphatic carbocycles. The van der Waals surface area contributed by atoms with Crippen LogP contribution in [0.15, 0.2) is 24.3 Å². The molecule has 1 amide bonds. The summed E-state index contributed by atoms with van der Waals surface area (Å²) in [6, 6.07) is 9.10. The summed E-state index contributed by atoms with van der Waals surface area (Å²) in [7, 11) is 1.67. The molecule has 1 N–H and O–H groups in total. The molecule has 1 saturated heterocycles. The van der Waals surface area contributed by atoms with Crippen LogP contribution in [0.1, 0.15) is 18.4 Å². The summed E-state index contributed by atoms with van der Waals surface area (Å²) in [6.45, 7) is 2.21. The van der Waals surface area contributed by atoms with E-state index in [9.17, 15) is 4.79 Å². The second-order valence-corrected chi connectivity index (χ2v) is 4.79. The lowest BCUT2D eigenvalue weighted by Crippen LogP contribution is -2.43. The van der Waals surface area contributed by atoms with E-state index in [0.29, 0.717) is 12.2 Å². The molecular formula is C15H19N3O2. The molecule has 1 aliphatic rings. The fraction of sp³-hybridized carbons (Fsp3) is 0.467. The molecule has 1 atom stereocenters. The number of ether oxygens (including phenoxy) is 1. The second kappa shape index (κ2) is 6.92. The van der Waals surface area contributed by atoms with Crippen molar-refractivity contribution in [2.45, 2.75) is 18.9 Å². The molecule has 0 radical (unpaired) electrons. The van der Waals surface area contributed by atoms with Crippen molar-refractivity contribution in [3.63, 3.8) is 0 Å². The zero-order valence-corrected chi connectivity index (χ0v) is 11.6. The molecule has 0 saturated carbocycles. The highest BCUT2D eigenvalue weighted by atomic mass is 16.5. The Kier molecular flexibility index (Phi) is 4.97. The zero-order chi connectivity index (χ0) is 14.4. The van der Waals surface area contributed by atoms with Crippen molar-refractivity contribution in [2.75, 3.05) is 26.7 Å². The third kappa shape index (κ3) is 3.49. The van der Waals surface area contributed by atoms with E-state index in [1.807, 2.05) is 0 Å².